The van der Waals surface area contributed by atoms with Crippen molar-refractivity contribution in [2.45, 2.75) is 13.8 Å². The molecule has 0 aliphatic heterocycles. The Morgan fingerprint density at radius 3 is 1.43 bits per heavy atom. The van der Waals surface area contributed by atoms with Gasteiger partial charge in [-0.1, -0.05) is 0 Å². The van der Waals surface area contributed by atoms with Crippen LogP contribution in [0.3, 0.4) is 0 Å². The fourth-order valence-corrected chi connectivity index (χ4v) is 2.13. The zero-order valence-corrected chi connectivity index (χ0v) is 18.3. The third-order valence-corrected chi connectivity index (χ3v) is 3.05. The van der Waals surface area contributed by atoms with Crippen molar-refractivity contribution in [2.24, 2.45) is 0 Å². The topological polar surface area (TPSA) is 42.5 Å². The molecule has 0 fully saturated rings. The Hall–Kier alpha value is -1.35. The molecule has 0 atom stereocenters. The second-order valence-electron chi connectivity index (χ2n) is 4.49. The van der Waals surface area contributed by atoms with Crippen molar-refractivity contribution in [3.8, 4) is 11.5 Å². The SMILES string of the molecule is CCOc1ccc(NC(=S)Nc2ccc(OCC)cc2)cc1.[Cd]. The number of benzene rings is 2. The molecule has 0 radical (unpaired) electrons. The molecule has 0 spiro atoms. The minimum absolute atomic E-state index is 0. The summed E-state index contributed by atoms with van der Waals surface area (Å²) in [4.78, 5) is 0. The molecule has 118 valence electrons. The molecular formula is C17H20CdN2O2S. The van der Waals surface area contributed by atoms with Crippen molar-refractivity contribution in [2.75, 3.05) is 23.8 Å². The van der Waals surface area contributed by atoms with Crippen LogP contribution in [0.4, 0.5) is 11.4 Å². The van der Waals surface area contributed by atoms with E-state index in [1.807, 2.05) is 62.4 Å². The Labute approximate surface area is 162 Å². The molecule has 0 saturated carbocycles. The average molecular weight is 429 g/mol. The van der Waals surface area contributed by atoms with Crippen LogP contribution in [0.1, 0.15) is 13.8 Å². The molecule has 0 amide bonds. The van der Waals surface area contributed by atoms with Gasteiger partial charge in [-0.05, 0) is 74.6 Å². The van der Waals surface area contributed by atoms with Gasteiger partial charge in [-0.3, -0.25) is 0 Å². The summed E-state index contributed by atoms with van der Waals surface area (Å²) in [6.07, 6.45) is 0. The maximum absolute atomic E-state index is 5.40. The van der Waals surface area contributed by atoms with Gasteiger partial charge < -0.3 is 20.1 Å². The van der Waals surface area contributed by atoms with Crippen LogP contribution in [-0.4, -0.2) is 18.3 Å². The second-order valence-corrected chi connectivity index (χ2v) is 4.90. The Kier molecular flexibility index (Phi) is 8.93. The van der Waals surface area contributed by atoms with E-state index in [9.17, 15) is 0 Å². The fourth-order valence-electron chi connectivity index (χ4n) is 1.90. The third-order valence-electron chi connectivity index (χ3n) is 2.85. The van der Waals surface area contributed by atoms with E-state index in [0.29, 0.717) is 18.3 Å². The van der Waals surface area contributed by atoms with Gasteiger partial charge in [0.15, 0.2) is 5.11 Å². The van der Waals surface area contributed by atoms with Crippen molar-refractivity contribution < 1.29 is 36.8 Å². The van der Waals surface area contributed by atoms with Gasteiger partial charge in [0.1, 0.15) is 11.5 Å². The largest absolute Gasteiger partial charge is 0.494 e. The maximum Gasteiger partial charge on any atom is 0.175 e. The van der Waals surface area contributed by atoms with Crippen LogP contribution in [0.2, 0.25) is 0 Å². The van der Waals surface area contributed by atoms with Crippen LogP contribution < -0.4 is 20.1 Å². The molecule has 0 heterocycles. The normalized spacial score (nSPS) is 9.48. The smallest absolute Gasteiger partial charge is 0.175 e. The van der Waals surface area contributed by atoms with Gasteiger partial charge in [-0.2, -0.15) is 0 Å². The van der Waals surface area contributed by atoms with Gasteiger partial charge in [0, 0.05) is 38.7 Å². The van der Waals surface area contributed by atoms with Crippen molar-refractivity contribution in [3.63, 3.8) is 0 Å². The van der Waals surface area contributed by atoms with Crippen molar-refractivity contribution in [1.29, 1.82) is 0 Å². The fraction of sp³-hybridized carbons (Fsp3) is 0.235. The summed E-state index contributed by atoms with van der Waals surface area (Å²) in [5.74, 6) is 1.69. The molecule has 0 aliphatic carbocycles. The van der Waals surface area contributed by atoms with Crippen LogP contribution in [0, 0.1) is 0 Å². The Bertz CT molecular complexity index is 549. The van der Waals surface area contributed by atoms with Gasteiger partial charge >= 0.3 is 0 Å². The quantitative estimate of drug-likeness (QED) is 0.531. The second kappa shape index (κ2) is 10.4. The standard InChI is InChI=1S/C17H20N2O2S.Cd/c1-3-20-15-9-5-13(6-10-15)18-17(22)19-14-7-11-16(12-8-14)21-4-2;/h5-12H,3-4H2,1-2H3,(H2,18,19,22);. The van der Waals surface area contributed by atoms with E-state index in [1.165, 1.54) is 0 Å². The molecule has 0 unspecified atom stereocenters. The number of rotatable bonds is 6. The molecule has 0 aliphatic rings. The van der Waals surface area contributed by atoms with E-state index in [2.05, 4.69) is 10.6 Å². The molecule has 2 rings (SSSR count). The summed E-state index contributed by atoms with van der Waals surface area (Å²) < 4.78 is 10.8. The number of ether oxygens (including phenoxy) is 2. The van der Waals surface area contributed by atoms with E-state index in [0.717, 1.165) is 22.9 Å². The molecule has 2 aromatic rings. The molecule has 6 heteroatoms. The molecule has 2 N–H and O–H groups in total. The van der Waals surface area contributed by atoms with Gasteiger partial charge in [0.05, 0.1) is 13.2 Å². The van der Waals surface area contributed by atoms with Crippen LogP contribution in [0.25, 0.3) is 0 Å². The van der Waals surface area contributed by atoms with E-state index in [4.69, 9.17) is 21.7 Å². The summed E-state index contributed by atoms with van der Waals surface area (Å²) in [7, 11) is 0. The predicted octanol–water partition coefficient (Wildman–Crippen LogP) is 4.29. The monoisotopic (exact) mass is 430 g/mol. The minimum Gasteiger partial charge on any atom is -0.494 e. The van der Waals surface area contributed by atoms with Crippen LogP contribution in [0.5, 0.6) is 11.5 Å². The zero-order valence-electron chi connectivity index (χ0n) is 13.5. The first-order valence-corrected chi connectivity index (χ1v) is 7.65. The van der Waals surface area contributed by atoms with E-state index < -0.39 is 0 Å². The summed E-state index contributed by atoms with van der Waals surface area (Å²) in [5, 5.41) is 6.80. The molecule has 23 heavy (non-hydrogen) atoms. The number of hydrogen-bond acceptors (Lipinski definition) is 3. The number of anilines is 2. The van der Waals surface area contributed by atoms with E-state index in [1.54, 1.807) is 0 Å². The van der Waals surface area contributed by atoms with Crippen LogP contribution >= 0.6 is 12.2 Å². The Morgan fingerprint density at radius 1 is 0.783 bits per heavy atom. The van der Waals surface area contributed by atoms with E-state index >= 15 is 0 Å². The summed E-state index contributed by atoms with van der Waals surface area (Å²) in [6.45, 7) is 5.24. The number of nitrogens with one attached hydrogen (secondary N) is 2. The van der Waals surface area contributed by atoms with Crippen LogP contribution in [0.15, 0.2) is 48.5 Å². The molecule has 2 aromatic carbocycles. The molecule has 0 aromatic heterocycles. The Balaban J connectivity index is 0.00000264. The van der Waals surface area contributed by atoms with E-state index in [-0.39, 0.29) is 27.3 Å². The molecule has 4 nitrogen and oxygen atoms in total. The number of thiocarbonyl (C=S) groups is 1. The average Bonchev–Trinajstić information content (AvgIpc) is 2.52. The van der Waals surface area contributed by atoms with Gasteiger partial charge in [-0.15, -0.1) is 0 Å². The van der Waals surface area contributed by atoms with Gasteiger partial charge in [-0.25, -0.2) is 0 Å². The van der Waals surface area contributed by atoms with Crippen molar-refractivity contribution >= 4 is 28.7 Å². The molecular weight excluding hydrogens is 409 g/mol. The number of hydrogen-bond donors (Lipinski definition) is 2. The van der Waals surface area contributed by atoms with Crippen molar-refractivity contribution in [1.82, 2.24) is 0 Å². The first kappa shape index (κ1) is 19.7. The first-order chi connectivity index (χ1) is 10.7. The van der Waals surface area contributed by atoms with Crippen molar-refractivity contribution in [3.05, 3.63) is 48.5 Å². The van der Waals surface area contributed by atoms with Crippen LogP contribution in [-0.2, 0) is 27.3 Å². The van der Waals surface area contributed by atoms with Gasteiger partial charge in [0.25, 0.3) is 0 Å². The zero-order chi connectivity index (χ0) is 15.8. The predicted molar refractivity (Wildman–Crippen MR) is 95.1 cm³/mol. The summed E-state index contributed by atoms with van der Waals surface area (Å²) >= 11 is 5.30. The summed E-state index contributed by atoms with van der Waals surface area (Å²) in [6, 6.07) is 15.3. The summed E-state index contributed by atoms with van der Waals surface area (Å²) in [5.41, 5.74) is 1.82. The Morgan fingerprint density at radius 2 is 1.13 bits per heavy atom. The third kappa shape index (κ3) is 6.74. The molecule has 0 saturated heterocycles. The first-order valence-electron chi connectivity index (χ1n) is 7.25. The maximum atomic E-state index is 5.40. The molecule has 0 bridgehead atoms. The minimum atomic E-state index is 0. The van der Waals surface area contributed by atoms with Gasteiger partial charge in [0.2, 0.25) is 0 Å².